The van der Waals surface area contributed by atoms with Crippen LogP contribution in [-0.2, 0) is 4.79 Å². The van der Waals surface area contributed by atoms with E-state index in [1.807, 2.05) is 18.4 Å². The van der Waals surface area contributed by atoms with E-state index in [1.54, 1.807) is 42.7 Å². The molecule has 3 nitrogen and oxygen atoms in total. The number of methoxy groups -OCH3 is 1. The number of carbonyl (C=O) groups excluding carboxylic acids is 1. The molecule has 0 atom stereocenters. The topological polar surface area (TPSA) is 38.3 Å². The van der Waals surface area contributed by atoms with Crippen molar-refractivity contribution in [3.63, 3.8) is 0 Å². The van der Waals surface area contributed by atoms with E-state index in [1.165, 1.54) is 6.08 Å². The highest BCUT2D eigenvalue weighted by Gasteiger charge is 2.04. The van der Waals surface area contributed by atoms with Crippen LogP contribution in [0.4, 0.5) is 5.69 Å². The molecule has 1 N–H and O–H groups in total. The van der Waals surface area contributed by atoms with Gasteiger partial charge in [-0.15, -0.1) is 11.3 Å². The van der Waals surface area contributed by atoms with Crippen LogP contribution in [-0.4, -0.2) is 13.0 Å². The van der Waals surface area contributed by atoms with Crippen LogP contribution < -0.4 is 10.1 Å². The van der Waals surface area contributed by atoms with Crippen LogP contribution in [0, 0.1) is 6.92 Å². The van der Waals surface area contributed by atoms with Crippen LogP contribution in [0.1, 0.15) is 10.4 Å². The normalized spacial score (nSPS) is 10.8. The van der Waals surface area contributed by atoms with Crippen molar-refractivity contribution in [2.45, 2.75) is 6.92 Å². The fraction of sp³-hybridized carbons (Fsp3) is 0.133. The second-order valence-electron chi connectivity index (χ2n) is 4.14. The Labute approximate surface area is 126 Å². The minimum Gasteiger partial charge on any atom is -0.495 e. The fourth-order valence-corrected chi connectivity index (χ4v) is 2.71. The maximum Gasteiger partial charge on any atom is 0.248 e. The van der Waals surface area contributed by atoms with Gasteiger partial charge in [0.2, 0.25) is 5.91 Å². The Bertz CT molecular complexity index is 649. The van der Waals surface area contributed by atoms with Crippen LogP contribution in [0.5, 0.6) is 5.75 Å². The predicted octanol–water partition coefficient (Wildman–Crippen LogP) is 4.37. The summed E-state index contributed by atoms with van der Waals surface area (Å²) in [4.78, 5) is 12.9. The quantitative estimate of drug-likeness (QED) is 0.852. The van der Waals surface area contributed by atoms with Gasteiger partial charge in [-0.3, -0.25) is 4.79 Å². The molecule has 0 aliphatic rings. The largest absolute Gasteiger partial charge is 0.495 e. The summed E-state index contributed by atoms with van der Waals surface area (Å²) in [5, 5.41) is 5.21. The summed E-state index contributed by atoms with van der Waals surface area (Å²) in [5.41, 5.74) is 1.79. The third kappa shape index (κ3) is 3.62. The summed E-state index contributed by atoms with van der Waals surface area (Å²) < 4.78 is 5.06. The molecule has 1 aromatic carbocycles. The van der Waals surface area contributed by atoms with Crippen LogP contribution in [0.25, 0.3) is 6.08 Å². The molecule has 2 aromatic rings. The van der Waals surface area contributed by atoms with Crippen molar-refractivity contribution in [3.05, 3.63) is 51.2 Å². The molecule has 20 heavy (non-hydrogen) atoms. The number of benzene rings is 1. The highest BCUT2D eigenvalue weighted by atomic mass is 35.5. The zero-order chi connectivity index (χ0) is 14.5. The van der Waals surface area contributed by atoms with Gasteiger partial charge in [0.1, 0.15) is 5.75 Å². The van der Waals surface area contributed by atoms with Crippen molar-refractivity contribution in [2.24, 2.45) is 0 Å². The molecule has 0 unspecified atom stereocenters. The second-order valence-corrected chi connectivity index (χ2v) is 5.49. The van der Waals surface area contributed by atoms with Gasteiger partial charge in [0.15, 0.2) is 0 Å². The smallest absolute Gasteiger partial charge is 0.248 e. The van der Waals surface area contributed by atoms with Crippen LogP contribution in [0.15, 0.2) is 35.7 Å². The fourth-order valence-electron chi connectivity index (χ4n) is 1.63. The van der Waals surface area contributed by atoms with E-state index in [4.69, 9.17) is 16.3 Å². The number of hydrogen-bond acceptors (Lipinski definition) is 3. The number of amides is 1. The number of rotatable bonds is 4. The van der Waals surface area contributed by atoms with Crippen molar-refractivity contribution >= 4 is 40.6 Å². The van der Waals surface area contributed by atoms with E-state index in [0.717, 1.165) is 10.4 Å². The predicted molar refractivity (Wildman–Crippen MR) is 84.7 cm³/mol. The molecular weight excluding hydrogens is 294 g/mol. The van der Waals surface area contributed by atoms with Crippen LogP contribution in [0.3, 0.4) is 0 Å². The highest BCUT2D eigenvalue weighted by molar-refractivity contribution is 7.11. The van der Waals surface area contributed by atoms with Gasteiger partial charge in [0.05, 0.1) is 12.1 Å². The zero-order valence-corrected chi connectivity index (χ0v) is 12.7. The molecule has 0 saturated carbocycles. The number of thiophene rings is 1. The first-order valence-electron chi connectivity index (χ1n) is 5.97. The first-order valence-corrected chi connectivity index (χ1v) is 7.22. The minimum atomic E-state index is -0.195. The lowest BCUT2D eigenvalue weighted by molar-refractivity contribution is -0.111. The standard InChI is InChI=1S/C15H14ClNO2S/c1-10-7-8-20-14(10)5-6-15(18)17-11-3-4-13(19-2)12(16)9-11/h3-9H,1-2H3,(H,17,18)/b6-5+. The summed E-state index contributed by atoms with van der Waals surface area (Å²) >= 11 is 7.60. The Hall–Kier alpha value is -1.78. The Morgan fingerprint density at radius 1 is 1.40 bits per heavy atom. The van der Waals surface area contributed by atoms with E-state index >= 15 is 0 Å². The van der Waals surface area contributed by atoms with Gasteiger partial charge in [-0.1, -0.05) is 11.6 Å². The number of hydrogen-bond donors (Lipinski definition) is 1. The van der Waals surface area contributed by atoms with Crippen LogP contribution >= 0.6 is 22.9 Å². The van der Waals surface area contributed by atoms with Crippen molar-refractivity contribution in [3.8, 4) is 5.75 Å². The summed E-state index contributed by atoms with van der Waals surface area (Å²) in [6.45, 7) is 2.01. The molecule has 0 saturated heterocycles. The van der Waals surface area contributed by atoms with Gasteiger partial charge in [-0.25, -0.2) is 0 Å². The zero-order valence-electron chi connectivity index (χ0n) is 11.1. The molecule has 0 bridgehead atoms. The first-order chi connectivity index (χ1) is 9.60. The Balaban J connectivity index is 2.03. The molecule has 1 amide bonds. The second kappa shape index (κ2) is 6.59. The SMILES string of the molecule is COc1ccc(NC(=O)/C=C/c2sccc2C)cc1Cl. The lowest BCUT2D eigenvalue weighted by atomic mass is 10.2. The molecule has 1 heterocycles. The average Bonchev–Trinajstić information content (AvgIpc) is 2.82. The number of aryl methyl sites for hydroxylation is 1. The minimum absolute atomic E-state index is 0.195. The monoisotopic (exact) mass is 307 g/mol. The Kier molecular flexibility index (Phi) is 4.82. The van der Waals surface area contributed by atoms with Gasteiger partial charge in [0, 0.05) is 16.6 Å². The Morgan fingerprint density at radius 2 is 2.20 bits per heavy atom. The lowest BCUT2D eigenvalue weighted by Gasteiger charge is -2.06. The molecule has 104 valence electrons. The molecule has 0 spiro atoms. The molecule has 2 rings (SSSR count). The number of halogens is 1. The summed E-state index contributed by atoms with van der Waals surface area (Å²) in [6, 6.07) is 7.13. The molecular formula is C15H14ClNO2S. The molecule has 0 aliphatic heterocycles. The van der Waals surface area contributed by atoms with E-state index in [0.29, 0.717) is 16.5 Å². The van der Waals surface area contributed by atoms with Crippen molar-refractivity contribution in [1.82, 2.24) is 0 Å². The molecule has 0 aliphatic carbocycles. The van der Waals surface area contributed by atoms with Gasteiger partial charge in [0.25, 0.3) is 0 Å². The van der Waals surface area contributed by atoms with Crippen molar-refractivity contribution in [1.29, 1.82) is 0 Å². The maximum absolute atomic E-state index is 11.8. The third-order valence-electron chi connectivity index (χ3n) is 2.71. The Morgan fingerprint density at radius 3 is 2.80 bits per heavy atom. The molecule has 1 aromatic heterocycles. The number of anilines is 1. The van der Waals surface area contributed by atoms with E-state index in [-0.39, 0.29) is 5.91 Å². The molecule has 0 radical (unpaired) electrons. The maximum atomic E-state index is 11.8. The van der Waals surface area contributed by atoms with Gasteiger partial charge in [-0.2, -0.15) is 0 Å². The molecule has 0 fully saturated rings. The summed E-state index contributed by atoms with van der Waals surface area (Å²) in [5.74, 6) is 0.383. The number of nitrogens with one attached hydrogen (secondary N) is 1. The molecule has 5 heteroatoms. The first kappa shape index (κ1) is 14.6. The van der Waals surface area contributed by atoms with Crippen LogP contribution in [0.2, 0.25) is 5.02 Å². The van der Waals surface area contributed by atoms with E-state index in [2.05, 4.69) is 5.32 Å². The lowest BCUT2D eigenvalue weighted by Crippen LogP contribution is -2.07. The van der Waals surface area contributed by atoms with E-state index < -0.39 is 0 Å². The van der Waals surface area contributed by atoms with Gasteiger partial charge in [-0.05, 0) is 48.2 Å². The summed E-state index contributed by atoms with van der Waals surface area (Å²) in [6.07, 6.45) is 3.32. The third-order valence-corrected chi connectivity index (χ3v) is 3.99. The van der Waals surface area contributed by atoms with Gasteiger partial charge < -0.3 is 10.1 Å². The number of ether oxygens (including phenoxy) is 1. The van der Waals surface area contributed by atoms with Crippen molar-refractivity contribution < 1.29 is 9.53 Å². The average molecular weight is 308 g/mol. The highest BCUT2D eigenvalue weighted by Crippen LogP contribution is 2.27. The van der Waals surface area contributed by atoms with Gasteiger partial charge >= 0.3 is 0 Å². The van der Waals surface area contributed by atoms with Crippen molar-refractivity contribution in [2.75, 3.05) is 12.4 Å². The van der Waals surface area contributed by atoms with E-state index in [9.17, 15) is 4.79 Å². The number of carbonyl (C=O) groups is 1. The summed E-state index contributed by atoms with van der Waals surface area (Å²) in [7, 11) is 1.55.